The number of hydrogen-bond donors (Lipinski definition) is 2. The van der Waals surface area contributed by atoms with E-state index in [1.54, 1.807) is 31.4 Å². The zero-order valence-corrected chi connectivity index (χ0v) is 13.9. The van der Waals surface area contributed by atoms with Crippen molar-refractivity contribution in [2.24, 2.45) is 0 Å². The van der Waals surface area contributed by atoms with Crippen LogP contribution in [0.2, 0.25) is 0 Å². The summed E-state index contributed by atoms with van der Waals surface area (Å²) < 4.78 is 5.09. The zero-order chi connectivity index (χ0) is 18.1. The molecule has 128 valence electrons. The number of amides is 2. The summed E-state index contributed by atoms with van der Waals surface area (Å²) in [5.41, 5.74) is 1.82. The van der Waals surface area contributed by atoms with Gasteiger partial charge in [-0.05, 0) is 36.2 Å². The first-order valence-corrected chi connectivity index (χ1v) is 7.81. The maximum Gasteiger partial charge on any atom is 0.233 e. The van der Waals surface area contributed by atoms with Crippen molar-refractivity contribution in [2.45, 2.75) is 12.8 Å². The Bertz CT molecular complexity index is 779. The lowest BCUT2D eigenvalue weighted by molar-refractivity contribution is -0.126. The van der Waals surface area contributed by atoms with E-state index in [4.69, 9.17) is 10.00 Å². The molecule has 0 aromatic heterocycles. The van der Waals surface area contributed by atoms with Crippen LogP contribution in [0.25, 0.3) is 0 Å². The highest BCUT2D eigenvalue weighted by atomic mass is 16.5. The number of ether oxygens (including phenoxy) is 1. The summed E-state index contributed by atoms with van der Waals surface area (Å²) in [6.45, 7) is 0.438. The fraction of sp³-hybridized carbons (Fsp3) is 0.211. The second kappa shape index (κ2) is 9.08. The van der Waals surface area contributed by atoms with E-state index < -0.39 is 5.91 Å². The molecule has 6 nitrogen and oxygen atoms in total. The third-order valence-electron chi connectivity index (χ3n) is 3.54. The van der Waals surface area contributed by atoms with Gasteiger partial charge in [0.05, 0.1) is 18.4 Å². The number of carbonyl (C=O) groups is 2. The molecule has 6 heteroatoms. The summed E-state index contributed by atoms with van der Waals surface area (Å²) in [4.78, 5) is 23.7. The van der Waals surface area contributed by atoms with E-state index >= 15 is 0 Å². The number of nitrogens with one attached hydrogen (secondary N) is 2. The second-order valence-corrected chi connectivity index (χ2v) is 5.33. The van der Waals surface area contributed by atoms with Gasteiger partial charge < -0.3 is 15.4 Å². The van der Waals surface area contributed by atoms with Crippen LogP contribution >= 0.6 is 0 Å². The Balaban J connectivity index is 1.75. The van der Waals surface area contributed by atoms with E-state index in [1.165, 1.54) is 0 Å². The third kappa shape index (κ3) is 5.66. The van der Waals surface area contributed by atoms with Gasteiger partial charge in [0.15, 0.2) is 0 Å². The molecule has 0 atom stereocenters. The molecule has 0 radical (unpaired) electrons. The SMILES string of the molecule is COc1ccc(CCNC(=O)CC(=O)Nc2ccccc2C#N)cc1. The van der Waals surface area contributed by atoms with E-state index in [-0.39, 0.29) is 12.3 Å². The van der Waals surface area contributed by atoms with Crippen LogP contribution in [0.3, 0.4) is 0 Å². The number of nitriles is 1. The van der Waals surface area contributed by atoms with Crippen molar-refractivity contribution < 1.29 is 14.3 Å². The van der Waals surface area contributed by atoms with Crippen LogP contribution in [0, 0.1) is 11.3 Å². The van der Waals surface area contributed by atoms with E-state index in [9.17, 15) is 9.59 Å². The quantitative estimate of drug-likeness (QED) is 0.758. The maximum absolute atomic E-state index is 11.9. The summed E-state index contributed by atoms with van der Waals surface area (Å²) in [6.07, 6.45) is 0.372. The maximum atomic E-state index is 11.9. The average Bonchev–Trinajstić information content (AvgIpc) is 2.62. The first kappa shape index (κ1) is 18.0. The normalized spacial score (nSPS) is 9.76. The number of hydrogen-bond acceptors (Lipinski definition) is 4. The van der Waals surface area contributed by atoms with Gasteiger partial charge in [-0.2, -0.15) is 5.26 Å². The lowest BCUT2D eigenvalue weighted by Gasteiger charge is -2.08. The molecule has 0 unspecified atom stereocenters. The van der Waals surface area contributed by atoms with Gasteiger partial charge in [0.25, 0.3) is 0 Å². The number of methoxy groups -OCH3 is 1. The number of anilines is 1. The number of rotatable bonds is 7. The predicted octanol–water partition coefficient (Wildman–Crippen LogP) is 2.25. The largest absolute Gasteiger partial charge is 0.497 e. The highest BCUT2D eigenvalue weighted by Gasteiger charge is 2.11. The Morgan fingerprint density at radius 1 is 1.08 bits per heavy atom. The molecule has 2 rings (SSSR count). The molecule has 0 saturated heterocycles. The van der Waals surface area contributed by atoms with Crippen LogP contribution in [0.5, 0.6) is 5.75 Å². The minimum absolute atomic E-state index is 0.289. The number of carbonyl (C=O) groups excluding carboxylic acids is 2. The van der Waals surface area contributed by atoms with Gasteiger partial charge in [-0.3, -0.25) is 9.59 Å². The summed E-state index contributed by atoms with van der Waals surface area (Å²) in [5.74, 6) is -0.0350. The Morgan fingerprint density at radius 3 is 2.48 bits per heavy atom. The minimum Gasteiger partial charge on any atom is -0.497 e. The number of nitrogens with zero attached hydrogens (tertiary/aromatic N) is 1. The third-order valence-corrected chi connectivity index (χ3v) is 3.54. The van der Waals surface area contributed by atoms with Gasteiger partial charge >= 0.3 is 0 Å². The molecular weight excluding hydrogens is 318 g/mol. The van der Waals surface area contributed by atoms with Crippen molar-refractivity contribution in [1.29, 1.82) is 5.26 Å². The van der Waals surface area contributed by atoms with Crippen LogP contribution in [-0.4, -0.2) is 25.5 Å². The lowest BCUT2D eigenvalue weighted by atomic mass is 10.1. The molecule has 2 aromatic rings. The van der Waals surface area contributed by atoms with Crippen molar-refractivity contribution in [3.8, 4) is 11.8 Å². The van der Waals surface area contributed by atoms with Crippen LogP contribution in [-0.2, 0) is 16.0 Å². The number of benzene rings is 2. The van der Waals surface area contributed by atoms with Gasteiger partial charge in [0.1, 0.15) is 18.2 Å². The molecule has 2 amide bonds. The molecule has 2 aromatic carbocycles. The predicted molar refractivity (Wildman–Crippen MR) is 94.1 cm³/mol. The van der Waals surface area contributed by atoms with Gasteiger partial charge in [0.2, 0.25) is 11.8 Å². The van der Waals surface area contributed by atoms with Crippen molar-refractivity contribution in [2.75, 3.05) is 19.0 Å². The first-order chi connectivity index (χ1) is 12.1. The summed E-state index contributed by atoms with van der Waals surface area (Å²) in [6, 6.07) is 16.2. The van der Waals surface area contributed by atoms with Crippen molar-refractivity contribution in [1.82, 2.24) is 5.32 Å². The van der Waals surface area contributed by atoms with Crippen molar-refractivity contribution in [3.05, 3.63) is 59.7 Å². The van der Waals surface area contributed by atoms with E-state index in [1.807, 2.05) is 30.3 Å². The topological polar surface area (TPSA) is 91.2 Å². The van der Waals surface area contributed by atoms with Crippen LogP contribution in [0.1, 0.15) is 17.5 Å². The highest BCUT2D eigenvalue weighted by Crippen LogP contribution is 2.14. The minimum atomic E-state index is -0.454. The number of para-hydroxylation sites is 1. The fourth-order valence-corrected chi connectivity index (χ4v) is 2.23. The summed E-state index contributed by atoms with van der Waals surface area (Å²) in [7, 11) is 1.61. The van der Waals surface area contributed by atoms with Crippen molar-refractivity contribution >= 4 is 17.5 Å². The molecule has 0 fully saturated rings. The van der Waals surface area contributed by atoms with Crippen LogP contribution < -0.4 is 15.4 Å². The standard InChI is InChI=1S/C19H19N3O3/c1-25-16-8-6-14(7-9-16)10-11-21-18(23)12-19(24)22-17-5-3-2-4-15(17)13-20/h2-9H,10-12H2,1H3,(H,21,23)(H,22,24). The lowest BCUT2D eigenvalue weighted by Crippen LogP contribution is -2.29. The second-order valence-electron chi connectivity index (χ2n) is 5.33. The molecule has 0 aliphatic heterocycles. The summed E-state index contributed by atoms with van der Waals surface area (Å²) in [5, 5.41) is 14.3. The molecular formula is C19H19N3O3. The van der Waals surface area contributed by atoms with Gasteiger partial charge in [-0.15, -0.1) is 0 Å². The molecule has 0 bridgehead atoms. The Kier molecular flexibility index (Phi) is 6.55. The average molecular weight is 337 g/mol. The molecule has 2 N–H and O–H groups in total. The fourth-order valence-electron chi connectivity index (χ4n) is 2.23. The smallest absolute Gasteiger partial charge is 0.233 e. The first-order valence-electron chi connectivity index (χ1n) is 7.81. The summed E-state index contributed by atoms with van der Waals surface area (Å²) >= 11 is 0. The monoisotopic (exact) mass is 337 g/mol. The van der Waals surface area contributed by atoms with Crippen LogP contribution in [0.15, 0.2) is 48.5 Å². The Labute approximate surface area is 146 Å². The van der Waals surface area contributed by atoms with Gasteiger partial charge in [-0.25, -0.2) is 0 Å². The zero-order valence-electron chi connectivity index (χ0n) is 13.9. The van der Waals surface area contributed by atoms with Gasteiger partial charge in [0, 0.05) is 6.54 Å². The van der Waals surface area contributed by atoms with E-state index in [2.05, 4.69) is 10.6 Å². The van der Waals surface area contributed by atoms with Crippen molar-refractivity contribution in [3.63, 3.8) is 0 Å². The molecule has 25 heavy (non-hydrogen) atoms. The van der Waals surface area contributed by atoms with E-state index in [0.29, 0.717) is 24.2 Å². The molecule has 0 saturated carbocycles. The Morgan fingerprint density at radius 2 is 1.80 bits per heavy atom. The van der Waals surface area contributed by atoms with E-state index in [0.717, 1.165) is 11.3 Å². The van der Waals surface area contributed by atoms with Gasteiger partial charge in [-0.1, -0.05) is 24.3 Å². The molecule has 0 aliphatic carbocycles. The molecule has 0 spiro atoms. The van der Waals surface area contributed by atoms with Crippen LogP contribution in [0.4, 0.5) is 5.69 Å². The molecule has 0 heterocycles. The molecule has 0 aliphatic rings. The highest BCUT2D eigenvalue weighted by molar-refractivity contribution is 6.04. The Hall–Kier alpha value is -3.33.